The number of benzene rings is 3. The Kier molecular flexibility index (Phi) is 4.46. The summed E-state index contributed by atoms with van der Waals surface area (Å²) >= 11 is 5.97. The molecule has 0 aromatic heterocycles. The fourth-order valence-electron chi connectivity index (χ4n) is 2.96. The van der Waals surface area contributed by atoms with Crippen LogP contribution in [0, 0.1) is 0 Å². The Morgan fingerprint density at radius 1 is 0.808 bits per heavy atom. The van der Waals surface area contributed by atoms with Crippen molar-refractivity contribution in [1.82, 2.24) is 0 Å². The van der Waals surface area contributed by atoms with Gasteiger partial charge in [-0.3, -0.25) is 9.69 Å². The van der Waals surface area contributed by atoms with E-state index in [0.29, 0.717) is 10.8 Å². The van der Waals surface area contributed by atoms with Gasteiger partial charge in [-0.25, -0.2) is 0 Å². The molecule has 0 N–H and O–H groups in total. The molecule has 4 heteroatoms. The third-order valence-electron chi connectivity index (χ3n) is 4.21. The summed E-state index contributed by atoms with van der Waals surface area (Å²) in [6, 6.07) is 26.5. The lowest BCUT2D eigenvalue weighted by atomic mass is 10.1. The molecule has 4 rings (SSSR count). The molecule has 0 bridgehead atoms. The van der Waals surface area contributed by atoms with E-state index in [4.69, 9.17) is 16.3 Å². The van der Waals surface area contributed by atoms with Crippen molar-refractivity contribution in [2.45, 2.75) is 6.23 Å². The van der Waals surface area contributed by atoms with E-state index in [1.807, 2.05) is 72.8 Å². The first kappa shape index (κ1) is 16.4. The van der Waals surface area contributed by atoms with Crippen LogP contribution in [0.1, 0.15) is 17.4 Å². The van der Waals surface area contributed by atoms with E-state index in [1.165, 1.54) is 6.08 Å². The van der Waals surface area contributed by atoms with E-state index < -0.39 is 6.23 Å². The molecule has 0 fully saturated rings. The molecular formula is C22H16ClNO2. The molecule has 128 valence electrons. The van der Waals surface area contributed by atoms with E-state index in [9.17, 15) is 4.79 Å². The summed E-state index contributed by atoms with van der Waals surface area (Å²) in [5.41, 5.74) is 2.51. The van der Waals surface area contributed by atoms with Gasteiger partial charge >= 0.3 is 0 Å². The molecule has 3 aromatic carbocycles. The first-order valence-electron chi connectivity index (χ1n) is 8.30. The van der Waals surface area contributed by atoms with Crippen LogP contribution in [0.4, 0.5) is 5.69 Å². The maximum absolute atomic E-state index is 13.0. The van der Waals surface area contributed by atoms with Gasteiger partial charge in [0.2, 0.25) is 6.23 Å². The summed E-state index contributed by atoms with van der Waals surface area (Å²) < 4.78 is 6.26. The second kappa shape index (κ2) is 7.06. The van der Waals surface area contributed by atoms with Crippen LogP contribution in [0.25, 0.3) is 5.76 Å². The standard InChI is InChI=1S/C22H16ClNO2/c23-18-13-11-16(12-14-18)20-15-21(25)24(19-9-5-2-6-10-19)22(26-20)17-7-3-1-4-8-17/h1-15,22H. The molecule has 0 saturated carbocycles. The summed E-state index contributed by atoms with van der Waals surface area (Å²) in [6.07, 6.45) is 0.983. The second-order valence-corrected chi connectivity index (χ2v) is 6.38. The minimum Gasteiger partial charge on any atom is -0.465 e. The van der Waals surface area contributed by atoms with Gasteiger partial charge < -0.3 is 4.74 Å². The third-order valence-corrected chi connectivity index (χ3v) is 4.46. The summed E-state index contributed by atoms with van der Waals surface area (Å²) in [4.78, 5) is 14.6. The molecule has 26 heavy (non-hydrogen) atoms. The highest BCUT2D eigenvalue weighted by Crippen LogP contribution is 2.36. The lowest BCUT2D eigenvalue weighted by molar-refractivity contribution is -0.117. The van der Waals surface area contributed by atoms with Crippen molar-refractivity contribution in [3.8, 4) is 0 Å². The van der Waals surface area contributed by atoms with Gasteiger partial charge in [0, 0.05) is 27.9 Å². The molecule has 0 saturated heterocycles. The fourth-order valence-corrected chi connectivity index (χ4v) is 3.08. The van der Waals surface area contributed by atoms with Crippen LogP contribution in [0.3, 0.4) is 0 Å². The highest BCUT2D eigenvalue weighted by molar-refractivity contribution is 6.30. The van der Waals surface area contributed by atoms with Gasteiger partial charge in [0.05, 0.1) is 0 Å². The molecule has 1 aliphatic heterocycles. The molecule has 0 aliphatic carbocycles. The van der Waals surface area contributed by atoms with Crippen molar-refractivity contribution < 1.29 is 9.53 Å². The Morgan fingerprint density at radius 2 is 1.42 bits per heavy atom. The summed E-state index contributed by atoms with van der Waals surface area (Å²) in [7, 11) is 0. The number of carbonyl (C=O) groups is 1. The topological polar surface area (TPSA) is 29.5 Å². The molecule has 1 heterocycles. The molecule has 0 radical (unpaired) electrons. The zero-order chi connectivity index (χ0) is 17.9. The van der Waals surface area contributed by atoms with Gasteiger partial charge in [0.25, 0.3) is 5.91 Å². The van der Waals surface area contributed by atoms with Crippen molar-refractivity contribution in [3.05, 3.63) is 107 Å². The highest BCUT2D eigenvalue weighted by Gasteiger charge is 2.32. The quantitative estimate of drug-likeness (QED) is 0.621. The zero-order valence-electron chi connectivity index (χ0n) is 13.9. The van der Waals surface area contributed by atoms with Crippen LogP contribution in [-0.4, -0.2) is 5.91 Å². The van der Waals surface area contributed by atoms with Gasteiger partial charge in [-0.15, -0.1) is 0 Å². The predicted octanol–water partition coefficient (Wildman–Crippen LogP) is 5.44. The average molecular weight is 362 g/mol. The highest BCUT2D eigenvalue weighted by atomic mass is 35.5. The predicted molar refractivity (Wildman–Crippen MR) is 104 cm³/mol. The molecule has 3 nitrogen and oxygen atoms in total. The van der Waals surface area contributed by atoms with Crippen LogP contribution >= 0.6 is 11.6 Å². The van der Waals surface area contributed by atoms with E-state index in [-0.39, 0.29) is 5.91 Å². The number of amides is 1. The lowest BCUT2D eigenvalue weighted by Gasteiger charge is -2.35. The number of anilines is 1. The van der Waals surface area contributed by atoms with Crippen LogP contribution in [0.15, 0.2) is 91.0 Å². The van der Waals surface area contributed by atoms with Crippen molar-refractivity contribution in [2.24, 2.45) is 0 Å². The van der Waals surface area contributed by atoms with Crippen molar-refractivity contribution >= 4 is 29.0 Å². The Labute approximate surface area is 157 Å². The summed E-state index contributed by atoms with van der Waals surface area (Å²) in [6.45, 7) is 0. The number of hydrogen-bond donors (Lipinski definition) is 0. The summed E-state index contributed by atoms with van der Waals surface area (Å²) in [5, 5.41) is 0.641. The SMILES string of the molecule is O=C1C=C(c2ccc(Cl)cc2)OC(c2ccccc2)N1c1ccccc1. The monoisotopic (exact) mass is 361 g/mol. The number of hydrogen-bond acceptors (Lipinski definition) is 2. The smallest absolute Gasteiger partial charge is 0.257 e. The normalized spacial score (nSPS) is 16.8. The van der Waals surface area contributed by atoms with Crippen LogP contribution in [-0.2, 0) is 9.53 Å². The Hall–Kier alpha value is -3.04. The van der Waals surface area contributed by atoms with Crippen molar-refractivity contribution in [3.63, 3.8) is 0 Å². The maximum atomic E-state index is 13.0. The number of ether oxygens (including phenoxy) is 1. The third kappa shape index (κ3) is 3.22. The Morgan fingerprint density at radius 3 is 2.08 bits per heavy atom. The number of halogens is 1. The fraction of sp³-hybridized carbons (Fsp3) is 0.0455. The van der Waals surface area contributed by atoms with Gasteiger partial charge in [0.1, 0.15) is 5.76 Å². The van der Waals surface area contributed by atoms with Gasteiger partial charge in [-0.1, -0.05) is 60.1 Å². The van der Waals surface area contributed by atoms with Crippen LogP contribution in [0.5, 0.6) is 0 Å². The van der Waals surface area contributed by atoms with Gasteiger partial charge in [0.15, 0.2) is 0 Å². The number of rotatable bonds is 3. The van der Waals surface area contributed by atoms with E-state index in [0.717, 1.165) is 16.8 Å². The zero-order valence-corrected chi connectivity index (χ0v) is 14.6. The number of carbonyl (C=O) groups excluding carboxylic acids is 1. The average Bonchev–Trinajstić information content (AvgIpc) is 2.69. The van der Waals surface area contributed by atoms with Crippen molar-refractivity contribution in [1.29, 1.82) is 0 Å². The summed E-state index contributed by atoms with van der Waals surface area (Å²) in [5.74, 6) is 0.411. The molecule has 1 amide bonds. The minimum atomic E-state index is -0.540. The van der Waals surface area contributed by atoms with E-state index in [2.05, 4.69) is 0 Å². The Balaban J connectivity index is 1.78. The first-order valence-corrected chi connectivity index (χ1v) is 8.68. The second-order valence-electron chi connectivity index (χ2n) is 5.94. The lowest BCUT2D eigenvalue weighted by Crippen LogP contribution is -2.38. The van der Waals surface area contributed by atoms with E-state index >= 15 is 0 Å². The van der Waals surface area contributed by atoms with Gasteiger partial charge in [-0.2, -0.15) is 0 Å². The number of para-hydroxylation sites is 1. The largest absolute Gasteiger partial charge is 0.465 e. The van der Waals surface area contributed by atoms with Crippen LogP contribution in [0.2, 0.25) is 5.02 Å². The maximum Gasteiger partial charge on any atom is 0.257 e. The molecule has 1 atom stereocenters. The van der Waals surface area contributed by atoms with Crippen molar-refractivity contribution in [2.75, 3.05) is 4.90 Å². The van der Waals surface area contributed by atoms with Crippen LogP contribution < -0.4 is 4.90 Å². The molecule has 1 unspecified atom stereocenters. The van der Waals surface area contributed by atoms with E-state index in [1.54, 1.807) is 17.0 Å². The minimum absolute atomic E-state index is 0.124. The van der Waals surface area contributed by atoms with Gasteiger partial charge in [-0.05, 0) is 36.4 Å². The Bertz CT molecular complexity index is 937. The molecule has 1 aliphatic rings. The molecular weight excluding hydrogens is 346 g/mol. The molecule has 3 aromatic rings. The first-order chi connectivity index (χ1) is 12.7. The molecule has 0 spiro atoms. The number of nitrogens with zero attached hydrogens (tertiary/aromatic N) is 1.